The van der Waals surface area contributed by atoms with Crippen molar-refractivity contribution in [2.45, 2.75) is 58.2 Å². The second kappa shape index (κ2) is 6.72. The summed E-state index contributed by atoms with van der Waals surface area (Å²) in [6, 6.07) is 0.0264. The Balaban J connectivity index is 2.14. The van der Waals surface area contributed by atoms with E-state index in [1.807, 2.05) is 6.92 Å². The third-order valence-corrected chi connectivity index (χ3v) is 4.34. The lowest BCUT2D eigenvalue weighted by Gasteiger charge is -2.25. The second-order valence-electron chi connectivity index (χ2n) is 5.78. The van der Waals surface area contributed by atoms with Crippen molar-refractivity contribution in [1.29, 1.82) is 0 Å². The highest BCUT2D eigenvalue weighted by molar-refractivity contribution is 9.10. The molecule has 0 amide bonds. The van der Waals surface area contributed by atoms with Gasteiger partial charge in [-0.25, -0.2) is 4.68 Å². The Hall–Kier alpha value is -0.880. The fourth-order valence-corrected chi connectivity index (χ4v) is 2.84. The maximum atomic E-state index is 12.4. The largest absolute Gasteiger partial charge is 0.393 e. The van der Waals surface area contributed by atoms with E-state index >= 15 is 0 Å². The zero-order valence-corrected chi connectivity index (χ0v) is 13.6. The number of aliphatic hydroxyl groups is 1. The number of aromatic nitrogens is 2. The van der Waals surface area contributed by atoms with E-state index in [0.717, 1.165) is 0 Å². The van der Waals surface area contributed by atoms with E-state index in [-0.39, 0.29) is 11.6 Å². The minimum Gasteiger partial charge on any atom is -0.393 e. The van der Waals surface area contributed by atoms with Crippen molar-refractivity contribution >= 4 is 21.6 Å². The minimum atomic E-state index is -0.393. The molecular weight excluding hydrogens is 322 g/mol. The third-order valence-electron chi connectivity index (χ3n) is 3.74. The Bertz CT molecular complexity index is 512. The maximum Gasteiger partial charge on any atom is 0.291 e. The number of hydrogen-bond donors (Lipinski definition) is 2. The van der Waals surface area contributed by atoms with Crippen LogP contribution in [0.4, 0.5) is 5.69 Å². The molecule has 1 aromatic heterocycles. The highest BCUT2D eigenvalue weighted by Gasteiger charge is 2.20. The van der Waals surface area contributed by atoms with Gasteiger partial charge < -0.3 is 10.4 Å². The molecule has 0 spiro atoms. The Labute approximate surface area is 127 Å². The van der Waals surface area contributed by atoms with Gasteiger partial charge in [0.05, 0.1) is 16.8 Å². The fourth-order valence-electron chi connectivity index (χ4n) is 2.47. The molecule has 1 aliphatic carbocycles. The molecule has 2 N–H and O–H groups in total. The summed E-state index contributed by atoms with van der Waals surface area (Å²) in [6.45, 7) is 4.40. The van der Waals surface area contributed by atoms with E-state index in [1.54, 1.807) is 17.8 Å². The summed E-state index contributed by atoms with van der Waals surface area (Å²) in [5.41, 5.74) is 0.441. The molecule has 1 aromatic rings. The van der Waals surface area contributed by atoms with Crippen LogP contribution in [0.1, 0.15) is 39.5 Å². The number of anilines is 1. The molecule has 2 atom stereocenters. The number of nitrogens with one attached hydrogen (secondary N) is 1. The van der Waals surface area contributed by atoms with E-state index in [0.29, 0.717) is 29.0 Å². The van der Waals surface area contributed by atoms with E-state index in [1.165, 1.54) is 19.3 Å². The topological polar surface area (TPSA) is 67.2 Å². The molecule has 0 radical (unpaired) electrons. The summed E-state index contributed by atoms with van der Waals surface area (Å²) < 4.78 is 2.22. The summed E-state index contributed by atoms with van der Waals surface area (Å²) >= 11 is 3.37. The number of halogens is 1. The van der Waals surface area contributed by atoms with Crippen LogP contribution in [0, 0.1) is 5.92 Å². The van der Waals surface area contributed by atoms with Crippen LogP contribution < -0.4 is 10.9 Å². The molecule has 1 fully saturated rings. The summed E-state index contributed by atoms with van der Waals surface area (Å²) in [7, 11) is 0. The van der Waals surface area contributed by atoms with Gasteiger partial charge in [-0.05, 0) is 55.0 Å². The first-order chi connectivity index (χ1) is 9.47. The number of aliphatic hydroxyl groups excluding tert-OH is 1. The zero-order valence-electron chi connectivity index (χ0n) is 12.0. The van der Waals surface area contributed by atoms with Gasteiger partial charge in [-0.1, -0.05) is 6.42 Å². The number of hydrogen-bond acceptors (Lipinski definition) is 4. The molecule has 20 heavy (non-hydrogen) atoms. The quantitative estimate of drug-likeness (QED) is 0.832. The van der Waals surface area contributed by atoms with Gasteiger partial charge in [0.15, 0.2) is 0 Å². The molecule has 0 saturated heterocycles. The Morgan fingerprint density at radius 2 is 2.25 bits per heavy atom. The van der Waals surface area contributed by atoms with Crippen LogP contribution >= 0.6 is 15.9 Å². The summed E-state index contributed by atoms with van der Waals surface area (Å²) in [6.07, 6.45) is 5.49. The smallest absolute Gasteiger partial charge is 0.291 e. The lowest BCUT2D eigenvalue weighted by atomic mass is 9.85. The molecule has 1 aliphatic rings. The minimum absolute atomic E-state index is 0.0264. The molecular formula is C14H22BrN3O2. The van der Waals surface area contributed by atoms with Gasteiger partial charge in [0, 0.05) is 12.6 Å². The van der Waals surface area contributed by atoms with Crippen LogP contribution in [-0.4, -0.2) is 27.0 Å². The summed E-state index contributed by atoms with van der Waals surface area (Å²) in [4.78, 5) is 12.4. The third kappa shape index (κ3) is 3.82. The van der Waals surface area contributed by atoms with Gasteiger partial charge in [0.2, 0.25) is 0 Å². The van der Waals surface area contributed by atoms with Crippen LogP contribution in [0.15, 0.2) is 15.5 Å². The monoisotopic (exact) mass is 343 g/mol. The van der Waals surface area contributed by atoms with Crippen LogP contribution in [0.5, 0.6) is 0 Å². The van der Waals surface area contributed by atoms with Gasteiger partial charge in [-0.3, -0.25) is 4.79 Å². The predicted molar refractivity (Wildman–Crippen MR) is 82.9 cm³/mol. The van der Waals surface area contributed by atoms with Crippen molar-refractivity contribution in [2.75, 3.05) is 5.32 Å². The standard InChI is InChI=1S/C14H22BrN3O2/c1-9(6-10(2)19)17-13-12(15)7-16-18(14(13)20)8-11-4-3-5-11/h7,9-11,17,19H,3-6,8H2,1-2H3. The summed E-state index contributed by atoms with van der Waals surface area (Å²) in [5.74, 6) is 0.587. The van der Waals surface area contributed by atoms with Crippen molar-refractivity contribution in [2.24, 2.45) is 5.92 Å². The van der Waals surface area contributed by atoms with Crippen LogP contribution in [0.3, 0.4) is 0 Å². The first-order valence-electron chi connectivity index (χ1n) is 7.17. The maximum absolute atomic E-state index is 12.4. The average molecular weight is 344 g/mol. The molecule has 0 aliphatic heterocycles. The lowest BCUT2D eigenvalue weighted by molar-refractivity contribution is 0.179. The molecule has 6 heteroatoms. The molecule has 5 nitrogen and oxygen atoms in total. The molecule has 2 unspecified atom stereocenters. The van der Waals surface area contributed by atoms with Gasteiger partial charge in [-0.2, -0.15) is 5.10 Å². The van der Waals surface area contributed by atoms with Crippen molar-refractivity contribution in [3.05, 3.63) is 21.0 Å². The van der Waals surface area contributed by atoms with Gasteiger partial charge in [0.25, 0.3) is 5.56 Å². The van der Waals surface area contributed by atoms with E-state index in [2.05, 4.69) is 26.3 Å². The zero-order chi connectivity index (χ0) is 14.7. The highest BCUT2D eigenvalue weighted by Crippen LogP contribution is 2.27. The first-order valence-corrected chi connectivity index (χ1v) is 7.97. The molecule has 0 bridgehead atoms. The van der Waals surface area contributed by atoms with Crippen LogP contribution in [0.25, 0.3) is 0 Å². The van der Waals surface area contributed by atoms with E-state index < -0.39 is 6.10 Å². The Morgan fingerprint density at radius 3 is 2.80 bits per heavy atom. The molecule has 2 rings (SSSR count). The number of nitrogens with zero attached hydrogens (tertiary/aromatic N) is 2. The van der Waals surface area contributed by atoms with Crippen LogP contribution in [0.2, 0.25) is 0 Å². The first kappa shape index (κ1) is 15.5. The highest BCUT2D eigenvalue weighted by atomic mass is 79.9. The van der Waals surface area contributed by atoms with Gasteiger partial charge >= 0.3 is 0 Å². The lowest BCUT2D eigenvalue weighted by Crippen LogP contribution is -2.33. The Morgan fingerprint density at radius 1 is 1.55 bits per heavy atom. The van der Waals surface area contributed by atoms with Crippen molar-refractivity contribution < 1.29 is 5.11 Å². The van der Waals surface area contributed by atoms with Crippen LogP contribution in [-0.2, 0) is 6.54 Å². The SMILES string of the molecule is CC(O)CC(C)Nc1c(Br)cnn(CC2CCC2)c1=O. The summed E-state index contributed by atoms with van der Waals surface area (Å²) in [5, 5.41) is 16.8. The number of rotatable bonds is 6. The van der Waals surface area contributed by atoms with Crippen molar-refractivity contribution in [3.8, 4) is 0 Å². The molecule has 1 heterocycles. The van der Waals surface area contributed by atoms with E-state index in [9.17, 15) is 9.90 Å². The predicted octanol–water partition coefficient (Wildman–Crippen LogP) is 2.38. The second-order valence-corrected chi connectivity index (χ2v) is 6.64. The Kier molecular flexibility index (Phi) is 5.21. The normalized spacial score (nSPS) is 18.4. The van der Waals surface area contributed by atoms with Crippen molar-refractivity contribution in [1.82, 2.24) is 9.78 Å². The van der Waals surface area contributed by atoms with Gasteiger partial charge in [-0.15, -0.1) is 0 Å². The van der Waals surface area contributed by atoms with E-state index in [4.69, 9.17) is 0 Å². The molecule has 1 saturated carbocycles. The van der Waals surface area contributed by atoms with Gasteiger partial charge in [0.1, 0.15) is 5.69 Å². The molecule has 112 valence electrons. The fraction of sp³-hybridized carbons (Fsp3) is 0.714. The van der Waals surface area contributed by atoms with Crippen molar-refractivity contribution in [3.63, 3.8) is 0 Å². The average Bonchev–Trinajstić information content (AvgIpc) is 2.30. The molecule has 0 aromatic carbocycles.